The molecule has 3 N–H and O–H groups in total. The molecule has 2 aromatic carbocycles. The molecular formula is C20H25N3O2. The van der Waals surface area contributed by atoms with Crippen molar-refractivity contribution in [2.24, 2.45) is 0 Å². The zero-order chi connectivity index (χ0) is 18.4. The minimum Gasteiger partial charge on any atom is -0.376 e. The van der Waals surface area contributed by atoms with Gasteiger partial charge >= 0.3 is 0 Å². The van der Waals surface area contributed by atoms with Crippen molar-refractivity contribution in [3.8, 4) is 0 Å². The van der Waals surface area contributed by atoms with Crippen molar-refractivity contribution in [1.82, 2.24) is 5.32 Å². The summed E-state index contributed by atoms with van der Waals surface area (Å²) >= 11 is 0. The van der Waals surface area contributed by atoms with Crippen molar-refractivity contribution in [2.75, 3.05) is 17.2 Å². The SMILES string of the molecule is Cc1cccc(NCC(=O)Nc2cccc(C(=O)NC(C)(C)C)c2)c1. The van der Waals surface area contributed by atoms with E-state index in [-0.39, 0.29) is 23.9 Å². The summed E-state index contributed by atoms with van der Waals surface area (Å²) in [6.45, 7) is 7.93. The molecule has 0 bridgehead atoms. The van der Waals surface area contributed by atoms with Gasteiger partial charge in [0.1, 0.15) is 0 Å². The summed E-state index contributed by atoms with van der Waals surface area (Å²) in [5.41, 5.74) is 2.82. The Morgan fingerprint density at radius 2 is 1.64 bits per heavy atom. The van der Waals surface area contributed by atoms with Gasteiger partial charge in [0.25, 0.3) is 5.91 Å². The fourth-order valence-electron chi connectivity index (χ4n) is 2.29. The Morgan fingerprint density at radius 1 is 0.960 bits per heavy atom. The molecule has 25 heavy (non-hydrogen) atoms. The highest BCUT2D eigenvalue weighted by molar-refractivity contribution is 5.98. The van der Waals surface area contributed by atoms with Gasteiger partial charge in [0.05, 0.1) is 6.54 Å². The molecule has 0 aliphatic heterocycles. The topological polar surface area (TPSA) is 70.2 Å². The van der Waals surface area contributed by atoms with Crippen LogP contribution in [0.2, 0.25) is 0 Å². The number of carbonyl (C=O) groups is 2. The number of anilines is 2. The van der Waals surface area contributed by atoms with E-state index >= 15 is 0 Å². The van der Waals surface area contributed by atoms with E-state index in [1.165, 1.54) is 0 Å². The predicted molar refractivity (Wildman–Crippen MR) is 102 cm³/mol. The molecule has 0 saturated carbocycles. The quantitative estimate of drug-likeness (QED) is 0.780. The second-order valence-corrected chi connectivity index (χ2v) is 7.06. The fourth-order valence-corrected chi connectivity index (χ4v) is 2.29. The van der Waals surface area contributed by atoms with Gasteiger partial charge in [-0.15, -0.1) is 0 Å². The molecule has 0 aliphatic rings. The second-order valence-electron chi connectivity index (χ2n) is 7.06. The maximum absolute atomic E-state index is 12.2. The van der Waals surface area contributed by atoms with Crippen LogP contribution in [0, 0.1) is 6.92 Å². The number of hydrogen-bond donors (Lipinski definition) is 3. The van der Waals surface area contributed by atoms with Gasteiger partial charge in [-0.05, 0) is 63.6 Å². The lowest BCUT2D eigenvalue weighted by Crippen LogP contribution is -2.40. The third-order valence-electron chi connectivity index (χ3n) is 3.37. The predicted octanol–water partition coefficient (Wildman–Crippen LogP) is 3.57. The molecule has 0 spiro atoms. The van der Waals surface area contributed by atoms with Gasteiger partial charge in [0.2, 0.25) is 5.91 Å². The zero-order valence-electron chi connectivity index (χ0n) is 15.1. The number of rotatable bonds is 5. The summed E-state index contributed by atoms with van der Waals surface area (Å²) in [5.74, 6) is -0.337. The smallest absolute Gasteiger partial charge is 0.251 e. The number of nitrogens with one attached hydrogen (secondary N) is 3. The summed E-state index contributed by atoms with van der Waals surface area (Å²) in [6.07, 6.45) is 0. The van der Waals surface area contributed by atoms with Crippen LogP contribution in [0.5, 0.6) is 0 Å². The first kappa shape index (κ1) is 18.5. The molecule has 0 aromatic heterocycles. The summed E-state index contributed by atoms with van der Waals surface area (Å²) < 4.78 is 0. The molecule has 0 atom stereocenters. The summed E-state index contributed by atoms with van der Waals surface area (Å²) in [7, 11) is 0. The first-order valence-corrected chi connectivity index (χ1v) is 8.26. The first-order valence-electron chi connectivity index (χ1n) is 8.26. The molecule has 2 aromatic rings. The molecule has 0 aliphatic carbocycles. The molecular weight excluding hydrogens is 314 g/mol. The third kappa shape index (κ3) is 6.30. The molecule has 0 unspecified atom stereocenters. The molecule has 5 heteroatoms. The molecule has 0 fully saturated rings. The number of aryl methyl sites for hydroxylation is 1. The van der Waals surface area contributed by atoms with Crippen molar-refractivity contribution in [3.63, 3.8) is 0 Å². The average Bonchev–Trinajstić information content (AvgIpc) is 2.52. The maximum atomic E-state index is 12.2. The molecule has 2 rings (SSSR count). The first-order chi connectivity index (χ1) is 11.7. The molecule has 0 heterocycles. The van der Waals surface area contributed by atoms with E-state index in [1.54, 1.807) is 24.3 Å². The van der Waals surface area contributed by atoms with E-state index in [1.807, 2.05) is 52.0 Å². The molecule has 0 saturated heterocycles. The van der Waals surface area contributed by atoms with Gasteiger partial charge < -0.3 is 16.0 Å². The number of carbonyl (C=O) groups excluding carboxylic acids is 2. The Balaban J connectivity index is 1.94. The Morgan fingerprint density at radius 3 is 2.32 bits per heavy atom. The van der Waals surface area contributed by atoms with E-state index in [4.69, 9.17) is 0 Å². The lowest BCUT2D eigenvalue weighted by atomic mass is 10.1. The van der Waals surface area contributed by atoms with Crippen LogP contribution < -0.4 is 16.0 Å². The van der Waals surface area contributed by atoms with Gasteiger partial charge in [-0.3, -0.25) is 9.59 Å². The van der Waals surface area contributed by atoms with E-state index in [9.17, 15) is 9.59 Å². The maximum Gasteiger partial charge on any atom is 0.251 e. The summed E-state index contributed by atoms with van der Waals surface area (Å²) in [5, 5.41) is 8.79. The van der Waals surface area contributed by atoms with Crippen LogP contribution >= 0.6 is 0 Å². The highest BCUT2D eigenvalue weighted by Crippen LogP contribution is 2.13. The molecule has 5 nitrogen and oxygen atoms in total. The van der Waals surface area contributed by atoms with E-state index in [0.717, 1.165) is 11.3 Å². The minimum absolute atomic E-state index is 0.155. The summed E-state index contributed by atoms with van der Waals surface area (Å²) in [4.78, 5) is 24.3. The van der Waals surface area contributed by atoms with Gasteiger partial charge in [0.15, 0.2) is 0 Å². The van der Waals surface area contributed by atoms with Crippen molar-refractivity contribution >= 4 is 23.2 Å². The Bertz CT molecular complexity index is 764. The number of amides is 2. The second kappa shape index (κ2) is 7.83. The Labute approximate surface area is 148 Å². The lowest BCUT2D eigenvalue weighted by molar-refractivity contribution is -0.114. The van der Waals surface area contributed by atoms with Crippen molar-refractivity contribution in [1.29, 1.82) is 0 Å². The fraction of sp³-hybridized carbons (Fsp3) is 0.300. The Hall–Kier alpha value is -2.82. The lowest BCUT2D eigenvalue weighted by Gasteiger charge is -2.20. The highest BCUT2D eigenvalue weighted by atomic mass is 16.2. The van der Waals surface area contributed by atoms with Crippen LogP contribution in [0.4, 0.5) is 11.4 Å². The largest absolute Gasteiger partial charge is 0.376 e. The van der Waals surface area contributed by atoms with Crippen molar-refractivity contribution in [2.45, 2.75) is 33.2 Å². The average molecular weight is 339 g/mol. The third-order valence-corrected chi connectivity index (χ3v) is 3.37. The van der Waals surface area contributed by atoms with Gasteiger partial charge in [0, 0.05) is 22.5 Å². The van der Waals surface area contributed by atoms with Crippen LogP contribution in [-0.4, -0.2) is 23.9 Å². The van der Waals surface area contributed by atoms with Crippen molar-refractivity contribution < 1.29 is 9.59 Å². The van der Waals surface area contributed by atoms with Crippen LogP contribution in [0.1, 0.15) is 36.7 Å². The number of benzene rings is 2. The van der Waals surface area contributed by atoms with E-state index < -0.39 is 0 Å². The zero-order valence-corrected chi connectivity index (χ0v) is 15.1. The van der Waals surface area contributed by atoms with Crippen molar-refractivity contribution in [3.05, 3.63) is 59.7 Å². The van der Waals surface area contributed by atoms with Crippen LogP contribution in [0.25, 0.3) is 0 Å². The number of hydrogen-bond acceptors (Lipinski definition) is 3. The van der Waals surface area contributed by atoms with E-state index in [0.29, 0.717) is 11.3 Å². The molecule has 2 amide bonds. The normalized spacial score (nSPS) is 10.9. The summed E-state index contributed by atoms with van der Waals surface area (Å²) in [6, 6.07) is 14.7. The Kier molecular flexibility index (Phi) is 5.80. The monoisotopic (exact) mass is 339 g/mol. The standard InChI is InChI=1S/C20H25N3O2/c1-14-7-5-9-16(11-14)21-13-18(24)22-17-10-6-8-15(12-17)19(25)23-20(2,3)4/h5-12,21H,13H2,1-4H3,(H,22,24)(H,23,25). The van der Waals surface area contributed by atoms with Crippen LogP contribution in [-0.2, 0) is 4.79 Å². The molecule has 132 valence electrons. The van der Waals surface area contributed by atoms with Crippen LogP contribution in [0.15, 0.2) is 48.5 Å². The molecule has 0 radical (unpaired) electrons. The van der Waals surface area contributed by atoms with Gasteiger partial charge in [-0.2, -0.15) is 0 Å². The van der Waals surface area contributed by atoms with E-state index in [2.05, 4.69) is 16.0 Å². The highest BCUT2D eigenvalue weighted by Gasteiger charge is 2.15. The van der Waals surface area contributed by atoms with Gasteiger partial charge in [-0.25, -0.2) is 0 Å². The van der Waals surface area contributed by atoms with Crippen LogP contribution in [0.3, 0.4) is 0 Å². The minimum atomic E-state index is -0.311. The van der Waals surface area contributed by atoms with Gasteiger partial charge in [-0.1, -0.05) is 18.2 Å².